The first-order valence-corrected chi connectivity index (χ1v) is 5.54. The molecule has 0 bridgehead atoms. The number of hydrogen-bond acceptors (Lipinski definition) is 3. The van der Waals surface area contributed by atoms with Gasteiger partial charge in [-0.05, 0) is 6.92 Å². The average Bonchev–Trinajstić information content (AvgIpc) is 2.55. The van der Waals surface area contributed by atoms with Crippen molar-refractivity contribution in [3.8, 4) is 0 Å². The van der Waals surface area contributed by atoms with Crippen molar-refractivity contribution in [3.05, 3.63) is 17.5 Å². The van der Waals surface area contributed by atoms with Gasteiger partial charge in [-0.25, -0.2) is 0 Å². The molecular weight excluding hydrogens is 220 g/mol. The molecule has 2 amide bonds. The summed E-state index contributed by atoms with van der Waals surface area (Å²) < 4.78 is 1.62. The summed E-state index contributed by atoms with van der Waals surface area (Å²) >= 11 is 0. The lowest BCUT2D eigenvalue weighted by molar-refractivity contribution is -0.128. The van der Waals surface area contributed by atoms with E-state index in [0.717, 1.165) is 5.69 Å². The van der Waals surface area contributed by atoms with Crippen molar-refractivity contribution < 1.29 is 9.59 Å². The van der Waals surface area contributed by atoms with Crippen molar-refractivity contribution in [2.75, 3.05) is 20.1 Å². The van der Waals surface area contributed by atoms with E-state index in [0.29, 0.717) is 18.7 Å². The van der Waals surface area contributed by atoms with E-state index in [1.165, 1.54) is 0 Å². The van der Waals surface area contributed by atoms with E-state index in [9.17, 15) is 9.59 Å². The summed E-state index contributed by atoms with van der Waals surface area (Å²) in [5.41, 5.74) is 1.34. The summed E-state index contributed by atoms with van der Waals surface area (Å²) in [4.78, 5) is 25.0. The van der Waals surface area contributed by atoms with Crippen molar-refractivity contribution in [3.63, 3.8) is 0 Å². The van der Waals surface area contributed by atoms with Gasteiger partial charge in [-0.2, -0.15) is 5.10 Å². The van der Waals surface area contributed by atoms with E-state index < -0.39 is 0 Å². The molecule has 0 spiro atoms. The van der Waals surface area contributed by atoms with E-state index in [2.05, 4.69) is 10.4 Å². The molecule has 6 heteroatoms. The molecule has 1 N–H and O–H groups in total. The van der Waals surface area contributed by atoms with Crippen molar-refractivity contribution in [1.82, 2.24) is 20.0 Å². The highest BCUT2D eigenvalue weighted by Crippen LogP contribution is 2.19. The molecular formula is C11H16N4O2. The van der Waals surface area contributed by atoms with Crippen LogP contribution in [-0.2, 0) is 11.8 Å². The molecule has 92 valence electrons. The summed E-state index contributed by atoms with van der Waals surface area (Å²) in [5, 5.41) is 6.72. The van der Waals surface area contributed by atoms with Gasteiger partial charge in [-0.15, -0.1) is 0 Å². The van der Waals surface area contributed by atoms with Gasteiger partial charge in [0.25, 0.3) is 5.91 Å². The Labute approximate surface area is 99.6 Å². The van der Waals surface area contributed by atoms with Gasteiger partial charge in [0.1, 0.15) is 0 Å². The third-order valence-corrected chi connectivity index (χ3v) is 3.03. The molecule has 0 unspecified atom stereocenters. The molecule has 0 aromatic carbocycles. The molecule has 1 aliphatic heterocycles. The van der Waals surface area contributed by atoms with Crippen molar-refractivity contribution in [1.29, 1.82) is 0 Å². The predicted octanol–water partition coefficient (Wildman–Crippen LogP) is -0.453. The van der Waals surface area contributed by atoms with Crippen LogP contribution in [0.5, 0.6) is 0 Å². The van der Waals surface area contributed by atoms with Crippen molar-refractivity contribution >= 4 is 11.8 Å². The number of aromatic nitrogens is 2. The monoisotopic (exact) mass is 236 g/mol. The standard InChI is InChI=1S/C11H16N4O2/c1-7-9(6-14(3)13-7)11(17)15-4-8(5-15)10(16)12-2/h6,8H,4-5H2,1-3H3,(H,12,16). The van der Waals surface area contributed by atoms with Crippen LogP contribution in [-0.4, -0.2) is 46.6 Å². The maximum Gasteiger partial charge on any atom is 0.257 e. The summed E-state index contributed by atoms with van der Waals surface area (Å²) in [5.74, 6) is -0.117. The Morgan fingerprint density at radius 3 is 2.59 bits per heavy atom. The Hall–Kier alpha value is -1.85. The average molecular weight is 236 g/mol. The fourth-order valence-corrected chi connectivity index (χ4v) is 1.99. The highest BCUT2D eigenvalue weighted by atomic mass is 16.2. The van der Waals surface area contributed by atoms with Crippen LogP contribution in [0.25, 0.3) is 0 Å². The SMILES string of the molecule is CNC(=O)C1CN(C(=O)c2cn(C)nc2C)C1. The van der Waals surface area contributed by atoms with Gasteiger partial charge in [0.15, 0.2) is 0 Å². The van der Waals surface area contributed by atoms with Gasteiger partial charge >= 0.3 is 0 Å². The van der Waals surface area contributed by atoms with E-state index in [4.69, 9.17) is 0 Å². The number of nitrogens with zero attached hydrogens (tertiary/aromatic N) is 3. The quantitative estimate of drug-likeness (QED) is 0.756. The summed E-state index contributed by atoms with van der Waals surface area (Å²) in [7, 11) is 3.39. The van der Waals surface area contributed by atoms with Crippen LogP contribution in [0.1, 0.15) is 16.1 Å². The highest BCUT2D eigenvalue weighted by molar-refractivity contribution is 5.96. The molecule has 2 heterocycles. The second kappa shape index (κ2) is 4.20. The lowest BCUT2D eigenvalue weighted by atomic mass is 9.98. The normalized spacial score (nSPS) is 15.6. The Balaban J connectivity index is 2.00. The zero-order valence-electron chi connectivity index (χ0n) is 10.2. The molecule has 1 saturated heterocycles. The number of amides is 2. The van der Waals surface area contributed by atoms with Crippen molar-refractivity contribution in [2.45, 2.75) is 6.92 Å². The second-order valence-electron chi connectivity index (χ2n) is 4.32. The van der Waals surface area contributed by atoms with E-state index in [-0.39, 0.29) is 17.7 Å². The Kier molecular flexibility index (Phi) is 2.87. The van der Waals surface area contributed by atoms with Gasteiger partial charge in [-0.3, -0.25) is 14.3 Å². The van der Waals surface area contributed by atoms with Crippen LogP contribution in [0.4, 0.5) is 0 Å². The summed E-state index contributed by atoms with van der Waals surface area (Å²) in [6.07, 6.45) is 1.71. The van der Waals surface area contributed by atoms with Gasteiger partial charge in [-0.1, -0.05) is 0 Å². The summed E-state index contributed by atoms with van der Waals surface area (Å²) in [6, 6.07) is 0. The minimum atomic E-state index is -0.0686. The zero-order valence-corrected chi connectivity index (χ0v) is 10.2. The third kappa shape index (κ3) is 2.02. The zero-order chi connectivity index (χ0) is 12.6. The minimum absolute atomic E-state index is 0.00282. The largest absolute Gasteiger partial charge is 0.359 e. The van der Waals surface area contributed by atoms with Gasteiger partial charge in [0.2, 0.25) is 5.91 Å². The smallest absolute Gasteiger partial charge is 0.257 e. The maximum absolute atomic E-state index is 12.1. The number of rotatable bonds is 2. The van der Waals surface area contributed by atoms with Crippen LogP contribution in [0.2, 0.25) is 0 Å². The number of nitrogens with one attached hydrogen (secondary N) is 1. The molecule has 0 atom stereocenters. The summed E-state index contributed by atoms with van der Waals surface area (Å²) in [6.45, 7) is 2.79. The molecule has 0 radical (unpaired) electrons. The molecule has 2 rings (SSSR count). The predicted molar refractivity (Wildman–Crippen MR) is 61.4 cm³/mol. The fourth-order valence-electron chi connectivity index (χ4n) is 1.99. The lowest BCUT2D eigenvalue weighted by Crippen LogP contribution is -2.55. The molecule has 0 aliphatic carbocycles. The topological polar surface area (TPSA) is 67.2 Å². The van der Waals surface area contributed by atoms with E-state index >= 15 is 0 Å². The maximum atomic E-state index is 12.1. The Morgan fingerprint density at radius 1 is 1.47 bits per heavy atom. The number of hydrogen-bond donors (Lipinski definition) is 1. The number of likely N-dealkylation sites (tertiary alicyclic amines) is 1. The van der Waals surface area contributed by atoms with E-state index in [1.807, 2.05) is 6.92 Å². The molecule has 17 heavy (non-hydrogen) atoms. The number of aryl methyl sites for hydroxylation is 2. The lowest BCUT2D eigenvalue weighted by Gasteiger charge is -2.37. The molecule has 6 nitrogen and oxygen atoms in total. The first kappa shape index (κ1) is 11.6. The number of carbonyl (C=O) groups excluding carboxylic acids is 2. The highest BCUT2D eigenvalue weighted by Gasteiger charge is 2.36. The van der Waals surface area contributed by atoms with Crippen LogP contribution in [0.15, 0.2) is 6.20 Å². The van der Waals surface area contributed by atoms with Crippen molar-refractivity contribution in [2.24, 2.45) is 13.0 Å². The molecule has 1 aromatic heterocycles. The van der Waals surface area contributed by atoms with Crippen LogP contribution in [0, 0.1) is 12.8 Å². The molecule has 0 saturated carbocycles. The first-order valence-electron chi connectivity index (χ1n) is 5.54. The third-order valence-electron chi connectivity index (χ3n) is 3.03. The minimum Gasteiger partial charge on any atom is -0.359 e. The molecule has 1 aromatic rings. The van der Waals surface area contributed by atoms with E-state index in [1.54, 1.807) is 29.9 Å². The Morgan fingerprint density at radius 2 is 2.12 bits per heavy atom. The van der Waals surface area contributed by atoms with Gasteiger partial charge in [0.05, 0.1) is 17.2 Å². The molecule has 1 aliphatic rings. The van der Waals surface area contributed by atoms with Crippen LogP contribution in [0.3, 0.4) is 0 Å². The van der Waals surface area contributed by atoms with Crippen LogP contribution >= 0.6 is 0 Å². The Bertz CT molecular complexity index is 460. The second-order valence-corrected chi connectivity index (χ2v) is 4.32. The number of carbonyl (C=O) groups is 2. The van der Waals surface area contributed by atoms with Crippen LogP contribution < -0.4 is 5.32 Å². The fraction of sp³-hybridized carbons (Fsp3) is 0.545. The van der Waals surface area contributed by atoms with Gasteiger partial charge in [0, 0.05) is 33.4 Å². The van der Waals surface area contributed by atoms with Gasteiger partial charge < -0.3 is 10.2 Å². The molecule has 1 fully saturated rings. The first-order chi connectivity index (χ1) is 8.02.